The van der Waals surface area contributed by atoms with Crippen LogP contribution in [0.2, 0.25) is 0 Å². The molecule has 5 nitrogen and oxygen atoms in total. The zero-order chi connectivity index (χ0) is 20.7. The summed E-state index contributed by atoms with van der Waals surface area (Å²) >= 11 is 0. The van der Waals surface area contributed by atoms with E-state index in [4.69, 9.17) is 14.5 Å². The van der Waals surface area contributed by atoms with Gasteiger partial charge in [-0.2, -0.15) is 0 Å². The molecular formula is C25H33N3O2. The number of ether oxygens (including phenoxy) is 2. The molecule has 1 unspecified atom stereocenters. The molecule has 160 valence electrons. The van der Waals surface area contributed by atoms with Crippen molar-refractivity contribution in [3.05, 3.63) is 71.3 Å². The zero-order valence-electron chi connectivity index (χ0n) is 18.0. The van der Waals surface area contributed by atoms with Crippen molar-refractivity contribution >= 4 is 5.96 Å². The second kappa shape index (κ2) is 10.1. The molecule has 1 spiro atoms. The van der Waals surface area contributed by atoms with Crippen molar-refractivity contribution in [2.24, 2.45) is 10.4 Å². The van der Waals surface area contributed by atoms with Crippen molar-refractivity contribution in [1.29, 1.82) is 0 Å². The van der Waals surface area contributed by atoms with E-state index in [0.717, 1.165) is 38.8 Å². The van der Waals surface area contributed by atoms with Crippen molar-refractivity contribution in [3.8, 4) is 0 Å². The highest BCUT2D eigenvalue weighted by Crippen LogP contribution is 2.38. The lowest BCUT2D eigenvalue weighted by Crippen LogP contribution is -2.41. The largest absolute Gasteiger partial charge is 0.381 e. The van der Waals surface area contributed by atoms with E-state index in [1.165, 1.54) is 29.5 Å². The van der Waals surface area contributed by atoms with Gasteiger partial charge in [0.1, 0.15) is 0 Å². The van der Waals surface area contributed by atoms with Gasteiger partial charge in [-0.25, -0.2) is 4.99 Å². The predicted octanol–water partition coefficient (Wildman–Crippen LogP) is 3.98. The molecule has 2 saturated heterocycles. The van der Waals surface area contributed by atoms with Gasteiger partial charge < -0.3 is 19.7 Å². The molecule has 5 heteroatoms. The minimum absolute atomic E-state index is 0.333. The topological polar surface area (TPSA) is 46.1 Å². The fraction of sp³-hybridized carbons (Fsp3) is 0.480. The van der Waals surface area contributed by atoms with Gasteiger partial charge in [0, 0.05) is 31.7 Å². The molecule has 2 aromatic carbocycles. The Labute approximate surface area is 180 Å². The van der Waals surface area contributed by atoms with Crippen LogP contribution in [-0.2, 0) is 29.2 Å². The normalized spacial score (nSPS) is 21.5. The molecule has 0 aliphatic carbocycles. The second-order valence-electron chi connectivity index (χ2n) is 8.39. The van der Waals surface area contributed by atoms with Gasteiger partial charge in [-0.3, -0.25) is 0 Å². The van der Waals surface area contributed by atoms with Crippen LogP contribution < -0.4 is 5.32 Å². The Balaban J connectivity index is 1.39. The number of nitrogens with zero attached hydrogens (tertiary/aromatic N) is 2. The lowest BCUT2D eigenvalue weighted by molar-refractivity contribution is 0.106. The Kier molecular flexibility index (Phi) is 7.03. The van der Waals surface area contributed by atoms with Gasteiger partial charge in [0.25, 0.3) is 0 Å². The number of aliphatic imine (C=N–C) groups is 1. The average molecular weight is 408 g/mol. The van der Waals surface area contributed by atoms with E-state index in [0.29, 0.717) is 25.2 Å². The summed E-state index contributed by atoms with van der Waals surface area (Å²) in [5.41, 5.74) is 3.95. The van der Waals surface area contributed by atoms with Crippen molar-refractivity contribution < 1.29 is 9.47 Å². The first-order valence-electron chi connectivity index (χ1n) is 11.1. The van der Waals surface area contributed by atoms with Crippen molar-refractivity contribution in [1.82, 2.24) is 10.2 Å². The third-order valence-corrected chi connectivity index (χ3v) is 6.14. The molecule has 0 radical (unpaired) electrons. The van der Waals surface area contributed by atoms with E-state index in [2.05, 4.69) is 53.5 Å². The maximum atomic E-state index is 5.98. The van der Waals surface area contributed by atoms with E-state index in [9.17, 15) is 0 Å². The monoisotopic (exact) mass is 407 g/mol. The molecule has 0 amide bonds. The summed E-state index contributed by atoms with van der Waals surface area (Å²) in [6.45, 7) is 8.78. The molecule has 2 fully saturated rings. The van der Waals surface area contributed by atoms with Gasteiger partial charge in [0.05, 0.1) is 26.4 Å². The zero-order valence-corrected chi connectivity index (χ0v) is 18.0. The minimum atomic E-state index is 0.333. The molecule has 0 bridgehead atoms. The maximum absolute atomic E-state index is 5.98. The molecular weight excluding hydrogens is 374 g/mol. The third kappa shape index (κ3) is 5.21. The number of rotatable bonds is 7. The van der Waals surface area contributed by atoms with Gasteiger partial charge in [-0.15, -0.1) is 0 Å². The first-order chi connectivity index (χ1) is 14.8. The van der Waals surface area contributed by atoms with Gasteiger partial charge >= 0.3 is 0 Å². The molecule has 2 aliphatic heterocycles. The van der Waals surface area contributed by atoms with Crippen molar-refractivity contribution in [2.45, 2.75) is 39.5 Å². The van der Waals surface area contributed by atoms with E-state index >= 15 is 0 Å². The van der Waals surface area contributed by atoms with Crippen LogP contribution in [0.4, 0.5) is 0 Å². The summed E-state index contributed by atoms with van der Waals surface area (Å²) in [7, 11) is 0. The fourth-order valence-electron chi connectivity index (χ4n) is 4.38. The molecule has 30 heavy (non-hydrogen) atoms. The number of nitrogens with one attached hydrogen (secondary N) is 1. The maximum Gasteiger partial charge on any atom is 0.194 e. The van der Waals surface area contributed by atoms with E-state index in [-0.39, 0.29) is 0 Å². The third-order valence-electron chi connectivity index (χ3n) is 6.14. The van der Waals surface area contributed by atoms with E-state index in [1.807, 2.05) is 18.2 Å². The lowest BCUT2D eigenvalue weighted by Gasteiger charge is -2.25. The molecule has 0 aromatic heterocycles. The Morgan fingerprint density at radius 2 is 1.87 bits per heavy atom. The summed E-state index contributed by atoms with van der Waals surface area (Å²) in [4.78, 5) is 7.39. The highest BCUT2D eigenvalue weighted by molar-refractivity contribution is 5.80. The number of hydrogen-bond acceptors (Lipinski definition) is 3. The van der Waals surface area contributed by atoms with Gasteiger partial charge in [-0.05, 0) is 36.5 Å². The van der Waals surface area contributed by atoms with Crippen molar-refractivity contribution in [2.75, 3.05) is 32.8 Å². The number of guanidine groups is 1. The van der Waals surface area contributed by atoms with Crippen LogP contribution in [0.25, 0.3) is 0 Å². The lowest BCUT2D eigenvalue weighted by atomic mass is 9.87. The smallest absolute Gasteiger partial charge is 0.194 e. The Bertz CT molecular complexity index is 831. The Morgan fingerprint density at radius 1 is 1.07 bits per heavy atom. The minimum Gasteiger partial charge on any atom is -0.381 e. The van der Waals surface area contributed by atoms with Crippen LogP contribution in [0, 0.1) is 5.41 Å². The predicted molar refractivity (Wildman–Crippen MR) is 120 cm³/mol. The number of benzene rings is 2. The summed E-state index contributed by atoms with van der Waals surface area (Å²) in [5, 5.41) is 3.49. The highest BCUT2D eigenvalue weighted by atomic mass is 16.5. The van der Waals surface area contributed by atoms with E-state index < -0.39 is 0 Å². The average Bonchev–Trinajstić information content (AvgIpc) is 3.42. The fourth-order valence-corrected chi connectivity index (χ4v) is 4.38. The summed E-state index contributed by atoms with van der Waals surface area (Å²) in [5.74, 6) is 1.02. The first kappa shape index (κ1) is 20.9. The second-order valence-corrected chi connectivity index (χ2v) is 8.39. The number of hydrogen-bond donors (Lipinski definition) is 1. The van der Waals surface area contributed by atoms with Gasteiger partial charge in [0.2, 0.25) is 0 Å². The SMILES string of the molecule is CCNC(=NCc1ccccc1COCc1ccccc1)N1CCC2(CCOC2)C1. The first-order valence-corrected chi connectivity index (χ1v) is 11.1. The molecule has 2 heterocycles. The van der Waals surface area contributed by atoms with Crippen LogP contribution in [0.3, 0.4) is 0 Å². The summed E-state index contributed by atoms with van der Waals surface area (Å²) in [6, 6.07) is 18.8. The van der Waals surface area contributed by atoms with Gasteiger partial charge in [0.15, 0.2) is 5.96 Å². The van der Waals surface area contributed by atoms with Crippen LogP contribution in [0.5, 0.6) is 0 Å². The summed E-state index contributed by atoms with van der Waals surface area (Å²) < 4.78 is 11.7. The Morgan fingerprint density at radius 3 is 2.63 bits per heavy atom. The van der Waals surface area contributed by atoms with Crippen molar-refractivity contribution in [3.63, 3.8) is 0 Å². The van der Waals surface area contributed by atoms with Gasteiger partial charge in [-0.1, -0.05) is 54.6 Å². The van der Waals surface area contributed by atoms with Crippen LogP contribution in [0.15, 0.2) is 59.6 Å². The van der Waals surface area contributed by atoms with Crippen LogP contribution >= 0.6 is 0 Å². The Hall–Kier alpha value is -2.37. The summed E-state index contributed by atoms with van der Waals surface area (Å²) in [6.07, 6.45) is 2.37. The molecule has 2 aromatic rings. The van der Waals surface area contributed by atoms with E-state index in [1.54, 1.807) is 0 Å². The highest BCUT2D eigenvalue weighted by Gasteiger charge is 2.42. The molecule has 4 rings (SSSR count). The van der Waals surface area contributed by atoms with Crippen LogP contribution in [-0.4, -0.2) is 43.7 Å². The molecule has 1 atom stereocenters. The molecule has 0 saturated carbocycles. The molecule has 2 aliphatic rings. The quantitative estimate of drug-likeness (QED) is 0.557. The standard InChI is InChI=1S/C25H33N3O2/c1-2-26-24(28-14-12-25(19-28)13-15-29-20-25)27-16-22-10-6-7-11-23(22)18-30-17-21-8-4-3-5-9-21/h3-11H,2,12-20H2,1H3,(H,26,27). The molecule has 1 N–H and O–H groups in total. The van der Waals surface area contributed by atoms with Crippen LogP contribution in [0.1, 0.15) is 36.5 Å². The number of likely N-dealkylation sites (tertiary alicyclic amines) is 1.